The van der Waals surface area contributed by atoms with E-state index in [0.717, 1.165) is 0 Å². The lowest BCUT2D eigenvalue weighted by Crippen LogP contribution is -2.55. The number of hydrogen-bond acceptors (Lipinski definition) is 5. The third kappa shape index (κ3) is 6.82. The minimum Gasteiger partial charge on any atom is -0.492 e. The summed E-state index contributed by atoms with van der Waals surface area (Å²) in [7, 11) is 0. The fraction of sp³-hybridized carbons (Fsp3) is 0.650. The lowest BCUT2D eigenvalue weighted by molar-refractivity contribution is 0.000322. The summed E-state index contributed by atoms with van der Waals surface area (Å²) in [6, 6.07) is 4.83. The Morgan fingerprint density at radius 1 is 1.32 bits per heavy atom. The third-order valence-corrected chi connectivity index (χ3v) is 4.46. The van der Waals surface area contributed by atoms with Gasteiger partial charge in [0.1, 0.15) is 18.0 Å². The molecule has 1 heterocycles. The maximum absolute atomic E-state index is 12.7. The van der Waals surface area contributed by atoms with E-state index in [1.54, 1.807) is 17.0 Å². The van der Waals surface area contributed by atoms with Gasteiger partial charge in [-0.25, -0.2) is 13.6 Å². The topological polar surface area (TPSA) is 68.0 Å². The summed E-state index contributed by atoms with van der Waals surface area (Å²) in [5.74, 6) is 0.440. The summed E-state index contributed by atoms with van der Waals surface area (Å²) in [6.45, 7) is 10.5. The molecular weight excluding hydrogens is 368 g/mol. The number of piperazine rings is 1. The fourth-order valence-corrected chi connectivity index (χ4v) is 3.18. The van der Waals surface area contributed by atoms with Crippen molar-refractivity contribution in [2.45, 2.75) is 52.2 Å². The highest BCUT2D eigenvalue weighted by Crippen LogP contribution is 2.24. The van der Waals surface area contributed by atoms with Crippen LogP contribution in [0.2, 0.25) is 0 Å². The van der Waals surface area contributed by atoms with E-state index >= 15 is 0 Å². The van der Waals surface area contributed by atoms with Gasteiger partial charge in [0.15, 0.2) is 0 Å². The number of halogens is 2. The number of carbonyl (C=O) groups is 1. The summed E-state index contributed by atoms with van der Waals surface area (Å²) in [4.78, 5) is 16.2. The van der Waals surface area contributed by atoms with E-state index < -0.39 is 12.0 Å². The Labute approximate surface area is 165 Å². The highest BCUT2D eigenvalue weighted by atomic mass is 19.3. The van der Waals surface area contributed by atoms with Gasteiger partial charge in [0, 0.05) is 49.9 Å². The summed E-state index contributed by atoms with van der Waals surface area (Å²) >= 11 is 0. The molecule has 8 heteroatoms. The van der Waals surface area contributed by atoms with Crippen LogP contribution in [0.15, 0.2) is 18.2 Å². The molecule has 1 aliphatic heterocycles. The van der Waals surface area contributed by atoms with Gasteiger partial charge in [-0.3, -0.25) is 4.90 Å². The Morgan fingerprint density at radius 3 is 2.64 bits per heavy atom. The van der Waals surface area contributed by atoms with Gasteiger partial charge in [-0.05, 0) is 45.9 Å². The van der Waals surface area contributed by atoms with Crippen LogP contribution >= 0.6 is 0 Å². The second-order valence-electron chi connectivity index (χ2n) is 8.13. The van der Waals surface area contributed by atoms with E-state index in [2.05, 4.69) is 4.90 Å². The molecule has 0 saturated carbocycles. The van der Waals surface area contributed by atoms with Crippen molar-refractivity contribution in [1.82, 2.24) is 9.80 Å². The number of nitrogens with two attached hydrogens (primary N) is 1. The first-order valence-corrected chi connectivity index (χ1v) is 9.56. The molecule has 1 saturated heterocycles. The first-order valence-electron chi connectivity index (χ1n) is 9.56. The molecule has 0 aliphatic carbocycles. The third-order valence-electron chi connectivity index (χ3n) is 4.46. The smallest absolute Gasteiger partial charge is 0.410 e. The molecule has 1 atom stereocenters. The van der Waals surface area contributed by atoms with Crippen molar-refractivity contribution < 1.29 is 23.0 Å². The van der Waals surface area contributed by atoms with Gasteiger partial charge in [0.2, 0.25) is 6.43 Å². The van der Waals surface area contributed by atoms with Crippen LogP contribution < -0.4 is 10.5 Å². The van der Waals surface area contributed by atoms with Crippen molar-refractivity contribution in [3.8, 4) is 5.75 Å². The highest BCUT2D eigenvalue weighted by molar-refractivity contribution is 5.68. The van der Waals surface area contributed by atoms with Crippen LogP contribution in [-0.2, 0) is 11.2 Å². The van der Waals surface area contributed by atoms with E-state index in [9.17, 15) is 13.6 Å². The Bertz CT molecular complexity index is 665. The number of ether oxygens (including phenoxy) is 2. The van der Waals surface area contributed by atoms with Crippen LogP contribution in [0.1, 0.15) is 33.3 Å². The molecule has 1 fully saturated rings. The van der Waals surface area contributed by atoms with Crippen LogP contribution in [0.25, 0.3) is 0 Å². The number of alkyl halides is 2. The number of rotatable bonds is 6. The molecule has 0 spiro atoms. The second-order valence-corrected chi connectivity index (χ2v) is 8.13. The van der Waals surface area contributed by atoms with Gasteiger partial charge in [-0.15, -0.1) is 0 Å². The van der Waals surface area contributed by atoms with Crippen LogP contribution in [0.4, 0.5) is 19.3 Å². The Balaban J connectivity index is 1.83. The number of benzene rings is 1. The van der Waals surface area contributed by atoms with Crippen LogP contribution in [0, 0.1) is 0 Å². The van der Waals surface area contributed by atoms with E-state index in [-0.39, 0.29) is 18.6 Å². The molecule has 1 aromatic carbocycles. The monoisotopic (exact) mass is 399 g/mol. The summed E-state index contributed by atoms with van der Waals surface area (Å²) in [5, 5.41) is 0. The van der Waals surface area contributed by atoms with E-state index in [0.29, 0.717) is 49.8 Å². The summed E-state index contributed by atoms with van der Waals surface area (Å²) in [6.07, 6.45) is -3.13. The molecule has 0 radical (unpaired) electrons. The van der Waals surface area contributed by atoms with E-state index in [1.165, 1.54) is 6.07 Å². The first kappa shape index (κ1) is 22.2. The minimum atomic E-state index is -2.45. The summed E-state index contributed by atoms with van der Waals surface area (Å²) in [5.41, 5.74) is 6.03. The zero-order chi connectivity index (χ0) is 20.9. The number of amides is 1. The second kappa shape index (κ2) is 9.41. The van der Waals surface area contributed by atoms with Gasteiger partial charge in [-0.2, -0.15) is 0 Å². The number of carbonyl (C=O) groups excluding carboxylic acids is 1. The molecular formula is C20H31F2N3O3. The van der Waals surface area contributed by atoms with Gasteiger partial charge >= 0.3 is 6.09 Å². The van der Waals surface area contributed by atoms with Gasteiger partial charge in [-0.1, -0.05) is 0 Å². The lowest BCUT2D eigenvalue weighted by Gasteiger charge is -2.40. The maximum Gasteiger partial charge on any atom is 0.410 e. The van der Waals surface area contributed by atoms with Crippen molar-refractivity contribution in [1.29, 1.82) is 0 Å². The van der Waals surface area contributed by atoms with Crippen molar-refractivity contribution in [3.05, 3.63) is 23.8 Å². The molecule has 2 rings (SSSR count). The molecule has 1 aliphatic rings. The van der Waals surface area contributed by atoms with E-state index in [1.807, 2.05) is 27.7 Å². The fourth-order valence-electron chi connectivity index (χ4n) is 3.18. The highest BCUT2D eigenvalue weighted by Gasteiger charge is 2.30. The standard InChI is InChI=1S/C20H31F2N3O3/c1-14-13-24(7-8-25(14)19(26)28-20(2,3)4)9-10-27-17-6-5-16(23)11-15(17)12-18(21)22/h5-6,11,14,18H,7-10,12-13,23H2,1-4H3. The number of anilines is 1. The molecule has 0 bridgehead atoms. The zero-order valence-corrected chi connectivity index (χ0v) is 17.1. The number of hydrogen-bond donors (Lipinski definition) is 1. The molecule has 1 amide bonds. The average molecular weight is 399 g/mol. The Morgan fingerprint density at radius 2 is 2.04 bits per heavy atom. The quantitative estimate of drug-likeness (QED) is 0.743. The predicted molar refractivity (Wildman–Crippen MR) is 105 cm³/mol. The molecule has 6 nitrogen and oxygen atoms in total. The predicted octanol–water partition coefficient (Wildman–Crippen LogP) is 3.40. The molecule has 2 N–H and O–H groups in total. The van der Waals surface area contributed by atoms with Crippen molar-refractivity contribution in [2.75, 3.05) is 38.5 Å². The summed E-state index contributed by atoms with van der Waals surface area (Å²) < 4.78 is 36.7. The van der Waals surface area contributed by atoms with Gasteiger partial charge in [0.25, 0.3) is 0 Å². The number of nitrogens with zero attached hydrogens (tertiary/aromatic N) is 2. The van der Waals surface area contributed by atoms with Crippen LogP contribution in [-0.4, -0.2) is 66.7 Å². The Hall–Kier alpha value is -2.09. The van der Waals surface area contributed by atoms with E-state index in [4.69, 9.17) is 15.2 Å². The molecule has 1 aromatic rings. The largest absolute Gasteiger partial charge is 0.492 e. The van der Waals surface area contributed by atoms with Gasteiger partial charge in [0.05, 0.1) is 0 Å². The first-order chi connectivity index (χ1) is 13.0. The van der Waals surface area contributed by atoms with Crippen LogP contribution in [0.5, 0.6) is 5.75 Å². The van der Waals surface area contributed by atoms with Crippen LogP contribution in [0.3, 0.4) is 0 Å². The molecule has 1 unspecified atom stereocenters. The Kier molecular flexibility index (Phi) is 7.46. The average Bonchev–Trinajstić information content (AvgIpc) is 2.54. The molecule has 0 aromatic heterocycles. The maximum atomic E-state index is 12.7. The normalized spacial score (nSPS) is 18.4. The van der Waals surface area contributed by atoms with Crippen molar-refractivity contribution in [2.24, 2.45) is 0 Å². The van der Waals surface area contributed by atoms with Gasteiger partial charge < -0.3 is 20.1 Å². The molecule has 158 valence electrons. The van der Waals surface area contributed by atoms with Crippen molar-refractivity contribution in [3.63, 3.8) is 0 Å². The number of nitrogen functional groups attached to an aromatic ring is 1. The minimum absolute atomic E-state index is 0.0227. The SMILES string of the molecule is CC1CN(CCOc2ccc(N)cc2CC(F)F)CCN1C(=O)OC(C)(C)C. The van der Waals surface area contributed by atoms with Crippen molar-refractivity contribution >= 4 is 11.8 Å². The zero-order valence-electron chi connectivity index (χ0n) is 17.1. The lowest BCUT2D eigenvalue weighted by atomic mass is 10.1. The molecule has 28 heavy (non-hydrogen) atoms.